The van der Waals surface area contributed by atoms with Crippen LogP contribution in [0.3, 0.4) is 0 Å². The Labute approximate surface area is 211 Å². The van der Waals surface area contributed by atoms with E-state index in [4.69, 9.17) is 17.0 Å². The van der Waals surface area contributed by atoms with Crippen molar-refractivity contribution in [2.45, 2.75) is 16.6 Å². The number of aromatic nitrogens is 1. The van der Waals surface area contributed by atoms with Gasteiger partial charge in [0.1, 0.15) is 5.75 Å². The van der Waals surface area contributed by atoms with E-state index in [1.807, 2.05) is 72.9 Å². The van der Waals surface area contributed by atoms with Gasteiger partial charge in [-0.05, 0) is 72.2 Å². The molecule has 1 saturated heterocycles. The predicted molar refractivity (Wildman–Crippen MR) is 144 cm³/mol. The zero-order valence-corrected chi connectivity index (χ0v) is 20.4. The minimum absolute atomic E-state index is 0.166. The molecule has 0 aliphatic carbocycles. The van der Waals surface area contributed by atoms with Crippen molar-refractivity contribution < 1.29 is 14.3 Å². The molecular formula is C26H22N4O3S2. The zero-order chi connectivity index (χ0) is 24.4. The Morgan fingerprint density at radius 2 is 1.86 bits per heavy atom. The summed E-state index contributed by atoms with van der Waals surface area (Å²) in [7, 11) is 1.61. The van der Waals surface area contributed by atoms with E-state index in [0.717, 1.165) is 27.2 Å². The van der Waals surface area contributed by atoms with Gasteiger partial charge in [0.2, 0.25) is 11.8 Å². The van der Waals surface area contributed by atoms with E-state index in [9.17, 15) is 9.59 Å². The van der Waals surface area contributed by atoms with Gasteiger partial charge in [0.25, 0.3) is 0 Å². The van der Waals surface area contributed by atoms with E-state index in [0.29, 0.717) is 16.5 Å². The van der Waals surface area contributed by atoms with E-state index in [2.05, 4.69) is 15.6 Å². The molecule has 35 heavy (non-hydrogen) atoms. The van der Waals surface area contributed by atoms with E-state index in [-0.39, 0.29) is 18.2 Å². The number of nitrogens with one attached hydrogen (secondary N) is 3. The molecule has 1 aliphatic rings. The summed E-state index contributed by atoms with van der Waals surface area (Å²) in [6, 6.07) is 22.6. The Morgan fingerprint density at radius 1 is 1.06 bits per heavy atom. The first-order chi connectivity index (χ1) is 17.0. The maximum absolute atomic E-state index is 13.1. The minimum Gasteiger partial charge on any atom is -0.495 e. The molecule has 0 saturated carbocycles. The highest BCUT2D eigenvalue weighted by Crippen LogP contribution is 2.35. The fraction of sp³-hybridized carbons (Fsp3) is 0.115. The molecule has 1 aromatic heterocycles. The van der Waals surface area contributed by atoms with Crippen molar-refractivity contribution in [3.63, 3.8) is 0 Å². The number of benzene rings is 3. The summed E-state index contributed by atoms with van der Waals surface area (Å²) in [5.74, 6) is 0.306. The SMILES string of the molecule is COc1ccccc1NC(=S)Nc1ccc(SC2CC(=O)N(c3ccc4cc[nH]c4c3)C2=O)cc1. The van der Waals surface area contributed by atoms with Gasteiger partial charge in [0, 0.05) is 28.7 Å². The van der Waals surface area contributed by atoms with Gasteiger partial charge in [0.05, 0.1) is 23.7 Å². The number of rotatable bonds is 6. The number of aromatic amines is 1. The zero-order valence-electron chi connectivity index (χ0n) is 18.8. The second-order valence-electron chi connectivity index (χ2n) is 7.93. The van der Waals surface area contributed by atoms with Gasteiger partial charge < -0.3 is 20.4 Å². The first kappa shape index (κ1) is 22.9. The van der Waals surface area contributed by atoms with Crippen LogP contribution in [0.1, 0.15) is 6.42 Å². The van der Waals surface area contributed by atoms with Crippen molar-refractivity contribution in [2.24, 2.45) is 0 Å². The Kier molecular flexibility index (Phi) is 6.43. The fourth-order valence-electron chi connectivity index (χ4n) is 3.96. The lowest BCUT2D eigenvalue weighted by molar-refractivity contribution is -0.121. The molecule has 0 radical (unpaired) electrons. The number of ether oxygens (including phenoxy) is 1. The van der Waals surface area contributed by atoms with E-state index in [1.165, 1.54) is 16.7 Å². The summed E-state index contributed by atoms with van der Waals surface area (Å²) in [4.78, 5) is 31.0. The standard InChI is InChI=1S/C26H22N4O3S2/c1-33-22-5-3-2-4-20(22)29-26(34)28-17-7-10-19(11-8-17)35-23-15-24(31)30(25(23)32)18-9-6-16-12-13-27-21(16)14-18/h2-14,23,27H,15H2,1H3,(H2,28,29,34). The number of para-hydroxylation sites is 2. The molecule has 1 fully saturated rings. The number of imide groups is 1. The molecule has 7 nitrogen and oxygen atoms in total. The van der Waals surface area contributed by atoms with Crippen LogP contribution < -0.4 is 20.3 Å². The molecule has 176 valence electrons. The van der Waals surface area contributed by atoms with E-state index < -0.39 is 5.25 Å². The average molecular weight is 503 g/mol. The lowest BCUT2D eigenvalue weighted by atomic mass is 10.2. The lowest BCUT2D eigenvalue weighted by Gasteiger charge is -2.15. The molecule has 0 spiro atoms. The molecule has 2 amide bonds. The number of methoxy groups -OCH3 is 1. The second-order valence-corrected chi connectivity index (χ2v) is 9.62. The summed E-state index contributed by atoms with van der Waals surface area (Å²) >= 11 is 6.80. The third-order valence-corrected chi connectivity index (χ3v) is 7.05. The third kappa shape index (κ3) is 4.87. The molecule has 2 heterocycles. The van der Waals surface area contributed by atoms with Crippen LogP contribution in [0.15, 0.2) is 83.9 Å². The smallest absolute Gasteiger partial charge is 0.247 e. The van der Waals surface area contributed by atoms with Gasteiger partial charge in [-0.15, -0.1) is 11.8 Å². The van der Waals surface area contributed by atoms with E-state index in [1.54, 1.807) is 13.2 Å². The Morgan fingerprint density at radius 3 is 2.66 bits per heavy atom. The molecular weight excluding hydrogens is 480 g/mol. The molecule has 3 aromatic carbocycles. The normalized spacial score (nSPS) is 15.5. The lowest BCUT2D eigenvalue weighted by Crippen LogP contribution is -2.31. The molecule has 0 bridgehead atoms. The summed E-state index contributed by atoms with van der Waals surface area (Å²) in [6.45, 7) is 0. The highest BCUT2D eigenvalue weighted by atomic mass is 32.2. The van der Waals surface area contributed by atoms with Crippen LogP contribution >= 0.6 is 24.0 Å². The number of hydrogen-bond acceptors (Lipinski definition) is 5. The average Bonchev–Trinajstić information content (AvgIpc) is 3.43. The van der Waals surface area contributed by atoms with Crippen molar-refractivity contribution in [1.29, 1.82) is 0 Å². The number of amides is 2. The Balaban J connectivity index is 1.22. The van der Waals surface area contributed by atoms with Gasteiger partial charge in [-0.1, -0.05) is 18.2 Å². The van der Waals surface area contributed by atoms with Gasteiger partial charge in [-0.3, -0.25) is 9.59 Å². The highest BCUT2D eigenvalue weighted by molar-refractivity contribution is 8.00. The third-order valence-electron chi connectivity index (χ3n) is 5.65. The van der Waals surface area contributed by atoms with Crippen LogP contribution in [0.4, 0.5) is 17.1 Å². The van der Waals surface area contributed by atoms with Crippen molar-refractivity contribution in [3.05, 3.63) is 79.0 Å². The number of nitrogens with zero attached hydrogens (tertiary/aromatic N) is 1. The maximum Gasteiger partial charge on any atom is 0.247 e. The number of thioether (sulfide) groups is 1. The first-order valence-electron chi connectivity index (χ1n) is 10.9. The molecule has 1 aliphatic heterocycles. The number of H-pyrrole nitrogens is 1. The quantitative estimate of drug-likeness (QED) is 0.240. The van der Waals surface area contributed by atoms with Crippen molar-refractivity contribution in [3.8, 4) is 5.75 Å². The van der Waals surface area contributed by atoms with Gasteiger partial charge >= 0.3 is 0 Å². The summed E-state index contributed by atoms with van der Waals surface area (Å²) < 4.78 is 5.33. The number of thiocarbonyl (C=S) groups is 1. The van der Waals surface area contributed by atoms with Gasteiger partial charge in [0.15, 0.2) is 5.11 Å². The van der Waals surface area contributed by atoms with Gasteiger partial charge in [-0.2, -0.15) is 0 Å². The maximum atomic E-state index is 13.1. The Bertz CT molecular complexity index is 1420. The molecule has 1 unspecified atom stereocenters. The van der Waals surface area contributed by atoms with Crippen molar-refractivity contribution in [2.75, 3.05) is 22.6 Å². The van der Waals surface area contributed by atoms with Crippen molar-refractivity contribution >= 4 is 68.9 Å². The second kappa shape index (κ2) is 9.81. The number of carbonyl (C=O) groups excluding carboxylic acids is 2. The number of hydrogen-bond donors (Lipinski definition) is 3. The molecule has 9 heteroatoms. The molecule has 4 aromatic rings. The predicted octanol–water partition coefficient (Wildman–Crippen LogP) is 5.41. The summed E-state index contributed by atoms with van der Waals surface area (Å²) in [5.41, 5.74) is 3.05. The Hall–Kier alpha value is -3.82. The first-order valence-corrected chi connectivity index (χ1v) is 12.2. The summed E-state index contributed by atoms with van der Waals surface area (Å²) in [5, 5.41) is 7.27. The van der Waals surface area contributed by atoms with Crippen LogP contribution in [0.5, 0.6) is 5.75 Å². The largest absolute Gasteiger partial charge is 0.495 e. The molecule has 5 rings (SSSR count). The number of fused-ring (bicyclic) bond motifs is 1. The molecule has 3 N–H and O–H groups in total. The van der Waals surface area contributed by atoms with Gasteiger partial charge in [-0.25, -0.2) is 4.90 Å². The summed E-state index contributed by atoms with van der Waals surface area (Å²) in [6.07, 6.45) is 2.00. The van der Waals surface area contributed by atoms with Crippen LogP contribution in [0, 0.1) is 0 Å². The van der Waals surface area contributed by atoms with Crippen LogP contribution in [-0.2, 0) is 9.59 Å². The highest BCUT2D eigenvalue weighted by Gasteiger charge is 2.40. The van der Waals surface area contributed by atoms with Crippen molar-refractivity contribution in [1.82, 2.24) is 4.98 Å². The number of carbonyl (C=O) groups is 2. The van der Waals surface area contributed by atoms with Crippen LogP contribution in [0.25, 0.3) is 10.9 Å². The topological polar surface area (TPSA) is 86.5 Å². The van der Waals surface area contributed by atoms with E-state index >= 15 is 0 Å². The van der Waals surface area contributed by atoms with Crippen LogP contribution in [-0.4, -0.2) is 34.3 Å². The van der Waals surface area contributed by atoms with Crippen LogP contribution in [0.2, 0.25) is 0 Å². The minimum atomic E-state index is -0.464. The monoisotopic (exact) mass is 502 g/mol. The fourth-order valence-corrected chi connectivity index (χ4v) is 5.24. The number of anilines is 3. The molecule has 1 atom stereocenters.